The number of aliphatic carboxylic acids is 1. The molecule has 0 radical (unpaired) electrons. The number of carboxylic acid groups (broad SMARTS) is 1. The van der Waals surface area contributed by atoms with Crippen molar-refractivity contribution in [2.75, 3.05) is 7.11 Å². The Morgan fingerprint density at radius 1 is 1.36 bits per heavy atom. The predicted molar refractivity (Wildman–Crippen MR) is 85.1 cm³/mol. The highest BCUT2D eigenvalue weighted by Gasteiger charge is 2.44. The average molecular weight is 303 g/mol. The molecule has 22 heavy (non-hydrogen) atoms. The summed E-state index contributed by atoms with van der Waals surface area (Å²) in [6, 6.07) is 6.29. The minimum absolute atomic E-state index is 0.333. The Balaban J connectivity index is 1.83. The first-order valence-electron chi connectivity index (χ1n) is 8.22. The monoisotopic (exact) mass is 303 g/mol. The summed E-state index contributed by atoms with van der Waals surface area (Å²) in [5.74, 6) is 0.763. The summed E-state index contributed by atoms with van der Waals surface area (Å²) in [5.41, 5.74) is 2.25. The molecule has 3 rings (SSSR count). The summed E-state index contributed by atoms with van der Waals surface area (Å²) in [4.78, 5) is 13.9. The minimum Gasteiger partial charge on any atom is -0.496 e. The molecule has 1 saturated carbocycles. The maximum absolute atomic E-state index is 11.7. The number of carboxylic acids is 1. The Morgan fingerprint density at radius 3 is 2.86 bits per heavy atom. The molecule has 2 fully saturated rings. The van der Waals surface area contributed by atoms with Gasteiger partial charge in [-0.2, -0.15) is 0 Å². The molecule has 4 heteroatoms. The van der Waals surface area contributed by atoms with Crippen LogP contribution < -0.4 is 4.74 Å². The maximum Gasteiger partial charge on any atom is 0.320 e. The first-order valence-corrected chi connectivity index (χ1v) is 8.22. The molecule has 1 saturated heterocycles. The lowest BCUT2D eigenvalue weighted by molar-refractivity contribution is -0.142. The van der Waals surface area contributed by atoms with Gasteiger partial charge in [-0.15, -0.1) is 0 Å². The first kappa shape index (κ1) is 15.3. The Bertz CT molecular complexity index is 557. The van der Waals surface area contributed by atoms with E-state index in [0.717, 1.165) is 29.7 Å². The Morgan fingerprint density at radius 2 is 2.14 bits per heavy atom. The van der Waals surface area contributed by atoms with Gasteiger partial charge in [-0.25, -0.2) is 0 Å². The van der Waals surface area contributed by atoms with Crippen LogP contribution in [-0.4, -0.2) is 35.2 Å². The fourth-order valence-electron chi connectivity index (χ4n) is 4.20. The van der Waals surface area contributed by atoms with Crippen molar-refractivity contribution in [2.45, 2.75) is 57.7 Å². The molecule has 3 unspecified atom stereocenters. The second kappa shape index (κ2) is 6.29. The number of rotatable bonds is 4. The van der Waals surface area contributed by atoms with Gasteiger partial charge < -0.3 is 9.84 Å². The van der Waals surface area contributed by atoms with Crippen LogP contribution in [0.25, 0.3) is 0 Å². The number of ether oxygens (including phenoxy) is 1. The lowest BCUT2D eigenvalue weighted by Crippen LogP contribution is -2.41. The van der Waals surface area contributed by atoms with Crippen molar-refractivity contribution in [3.63, 3.8) is 0 Å². The number of aryl methyl sites for hydroxylation is 1. The Labute approximate surface area is 132 Å². The number of carbonyl (C=O) groups is 1. The summed E-state index contributed by atoms with van der Waals surface area (Å²) in [7, 11) is 1.68. The van der Waals surface area contributed by atoms with Crippen LogP contribution in [0, 0.1) is 12.8 Å². The summed E-state index contributed by atoms with van der Waals surface area (Å²) in [6.07, 6.45) is 5.60. The second-order valence-electron chi connectivity index (χ2n) is 6.68. The molecule has 1 N–H and O–H groups in total. The van der Waals surface area contributed by atoms with E-state index in [0.29, 0.717) is 18.5 Å². The number of methoxy groups -OCH3 is 1. The van der Waals surface area contributed by atoms with Crippen molar-refractivity contribution in [1.82, 2.24) is 4.90 Å². The summed E-state index contributed by atoms with van der Waals surface area (Å²) < 4.78 is 5.40. The molecule has 120 valence electrons. The molecule has 1 heterocycles. The fraction of sp³-hybridized carbons (Fsp3) is 0.611. The van der Waals surface area contributed by atoms with Gasteiger partial charge in [0.05, 0.1) is 7.11 Å². The zero-order valence-corrected chi connectivity index (χ0v) is 13.4. The van der Waals surface area contributed by atoms with Crippen molar-refractivity contribution >= 4 is 5.97 Å². The van der Waals surface area contributed by atoms with Gasteiger partial charge in [-0.1, -0.05) is 25.0 Å². The predicted octanol–water partition coefficient (Wildman–Crippen LogP) is 3.22. The van der Waals surface area contributed by atoms with E-state index < -0.39 is 5.97 Å². The van der Waals surface area contributed by atoms with Crippen LogP contribution in [0.5, 0.6) is 5.75 Å². The number of fused-ring (bicyclic) bond motifs is 1. The van der Waals surface area contributed by atoms with E-state index in [4.69, 9.17) is 4.74 Å². The van der Waals surface area contributed by atoms with E-state index >= 15 is 0 Å². The van der Waals surface area contributed by atoms with Crippen LogP contribution in [0.4, 0.5) is 0 Å². The number of nitrogens with zero attached hydrogens (tertiary/aromatic N) is 1. The fourth-order valence-corrected chi connectivity index (χ4v) is 4.20. The molecule has 0 amide bonds. The molecule has 0 spiro atoms. The van der Waals surface area contributed by atoms with E-state index in [1.165, 1.54) is 19.3 Å². The van der Waals surface area contributed by atoms with E-state index in [1.807, 2.05) is 13.0 Å². The molecule has 2 aliphatic rings. The van der Waals surface area contributed by atoms with Crippen LogP contribution in [-0.2, 0) is 11.3 Å². The van der Waals surface area contributed by atoms with E-state index in [1.54, 1.807) is 7.11 Å². The zero-order valence-electron chi connectivity index (χ0n) is 13.4. The van der Waals surface area contributed by atoms with Gasteiger partial charge in [-0.05, 0) is 49.3 Å². The van der Waals surface area contributed by atoms with Crippen molar-refractivity contribution in [1.29, 1.82) is 0 Å². The van der Waals surface area contributed by atoms with Crippen LogP contribution >= 0.6 is 0 Å². The van der Waals surface area contributed by atoms with Gasteiger partial charge in [0, 0.05) is 12.6 Å². The quantitative estimate of drug-likeness (QED) is 0.928. The lowest BCUT2D eigenvalue weighted by atomic mass is 9.84. The van der Waals surface area contributed by atoms with Crippen LogP contribution in [0.3, 0.4) is 0 Å². The van der Waals surface area contributed by atoms with Crippen LogP contribution in [0.2, 0.25) is 0 Å². The number of hydrogen-bond donors (Lipinski definition) is 1. The third-order valence-electron chi connectivity index (χ3n) is 5.34. The summed E-state index contributed by atoms with van der Waals surface area (Å²) >= 11 is 0. The van der Waals surface area contributed by atoms with Crippen LogP contribution in [0.1, 0.15) is 43.2 Å². The average Bonchev–Trinajstić information content (AvgIpc) is 2.88. The zero-order chi connectivity index (χ0) is 15.7. The highest BCUT2D eigenvalue weighted by atomic mass is 16.5. The van der Waals surface area contributed by atoms with Gasteiger partial charge in [0.2, 0.25) is 0 Å². The van der Waals surface area contributed by atoms with Crippen molar-refractivity contribution in [2.24, 2.45) is 5.92 Å². The van der Waals surface area contributed by atoms with Crippen LogP contribution in [0.15, 0.2) is 18.2 Å². The standard InChI is InChI=1S/C18H25NO3/c1-12-7-8-13(9-17(12)22-2)11-19-15-6-4-3-5-14(15)10-16(19)18(20)21/h7-9,14-16H,3-6,10-11H2,1-2H3,(H,20,21). The van der Waals surface area contributed by atoms with E-state index in [9.17, 15) is 9.90 Å². The highest BCUT2D eigenvalue weighted by molar-refractivity contribution is 5.74. The Kier molecular flexibility index (Phi) is 4.39. The number of hydrogen-bond acceptors (Lipinski definition) is 3. The van der Waals surface area contributed by atoms with E-state index in [2.05, 4.69) is 17.0 Å². The first-order chi connectivity index (χ1) is 10.6. The van der Waals surface area contributed by atoms with Gasteiger partial charge in [0.1, 0.15) is 11.8 Å². The normalized spacial score (nSPS) is 28.4. The molecule has 0 aromatic heterocycles. The summed E-state index contributed by atoms with van der Waals surface area (Å²) in [6.45, 7) is 2.73. The smallest absolute Gasteiger partial charge is 0.320 e. The Hall–Kier alpha value is -1.55. The van der Waals surface area contributed by atoms with Gasteiger partial charge in [-0.3, -0.25) is 9.69 Å². The molecule has 1 aliphatic heterocycles. The SMILES string of the molecule is COc1cc(CN2C(C(=O)O)CC3CCCCC32)ccc1C. The third-order valence-corrected chi connectivity index (χ3v) is 5.34. The summed E-state index contributed by atoms with van der Waals surface area (Å²) in [5, 5.41) is 9.59. The number of likely N-dealkylation sites (tertiary alicyclic amines) is 1. The van der Waals surface area contributed by atoms with Gasteiger partial charge in [0.15, 0.2) is 0 Å². The van der Waals surface area contributed by atoms with Gasteiger partial charge >= 0.3 is 5.97 Å². The lowest BCUT2D eigenvalue weighted by Gasteiger charge is -2.33. The maximum atomic E-state index is 11.7. The van der Waals surface area contributed by atoms with Gasteiger partial charge in [0.25, 0.3) is 0 Å². The number of benzene rings is 1. The molecular formula is C18H25NO3. The molecule has 3 atom stereocenters. The second-order valence-corrected chi connectivity index (χ2v) is 6.68. The molecule has 0 bridgehead atoms. The molecule has 1 aromatic carbocycles. The van der Waals surface area contributed by atoms with Crippen molar-refractivity contribution in [3.05, 3.63) is 29.3 Å². The highest BCUT2D eigenvalue weighted by Crippen LogP contribution is 2.40. The molecule has 4 nitrogen and oxygen atoms in total. The van der Waals surface area contributed by atoms with Crippen molar-refractivity contribution < 1.29 is 14.6 Å². The topological polar surface area (TPSA) is 49.8 Å². The minimum atomic E-state index is -0.673. The molecule has 1 aromatic rings. The molecule has 1 aliphatic carbocycles. The molecular weight excluding hydrogens is 278 g/mol. The third kappa shape index (κ3) is 2.84. The van der Waals surface area contributed by atoms with E-state index in [-0.39, 0.29) is 6.04 Å². The largest absolute Gasteiger partial charge is 0.496 e. The van der Waals surface area contributed by atoms with Crippen molar-refractivity contribution in [3.8, 4) is 5.75 Å².